The third-order valence-electron chi connectivity index (χ3n) is 7.73. The van der Waals surface area contributed by atoms with E-state index in [-0.39, 0.29) is 46.0 Å². The maximum absolute atomic E-state index is 12.5. The molecule has 8 heteroatoms. The zero-order valence-electron chi connectivity index (χ0n) is 29.4. The highest BCUT2D eigenvalue weighted by Gasteiger charge is 2.28. The Balaban J connectivity index is 1.97. The highest BCUT2D eigenvalue weighted by molar-refractivity contribution is 6.07. The molecule has 0 fully saturated rings. The van der Waals surface area contributed by atoms with Crippen LogP contribution in [0.1, 0.15) is 136 Å². The Bertz CT molecular complexity index is 1260. The van der Waals surface area contributed by atoms with Crippen molar-refractivity contribution in [1.29, 1.82) is 0 Å². The van der Waals surface area contributed by atoms with Gasteiger partial charge in [0.15, 0.2) is 0 Å². The lowest BCUT2D eigenvalue weighted by Gasteiger charge is -2.28. The van der Waals surface area contributed by atoms with Crippen LogP contribution in [-0.4, -0.2) is 33.8 Å². The van der Waals surface area contributed by atoms with Crippen LogP contribution >= 0.6 is 0 Å². The summed E-state index contributed by atoms with van der Waals surface area (Å²) in [4.78, 5) is 49.9. The van der Waals surface area contributed by atoms with Crippen LogP contribution in [0.5, 0.6) is 11.5 Å². The van der Waals surface area contributed by atoms with Crippen LogP contribution in [0.15, 0.2) is 24.3 Å². The summed E-state index contributed by atoms with van der Waals surface area (Å²) in [6, 6.07) is 7.57. The van der Waals surface area contributed by atoms with Crippen molar-refractivity contribution in [1.82, 2.24) is 10.6 Å². The summed E-state index contributed by atoms with van der Waals surface area (Å²) < 4.78 is 0. The standard InChI is InChI=1S/C37H54N2O6/c1-34(2,3)24-17-22(18-25(32(24)44)35(4,5)6)13-15-28(40)38-30(42)21-31(43)39-29(41)16-14-23-19-26(36(7,8)9)33(45)27(20-23)37(10,11)12/h17-20,44-45H,13-16,21H2,1-12H3,(H,38,40,42)(H,39,41,43). The molecule has 0 saturated heterocycles. The molecule has 0 aromatic heterocycles. The molecule has 4 N–H and O–H groups in total. The molecule has 0 atom stereocenters. The van der Waals surface area contributed by atoms with E-state index in [9.17, 15) is 29.4 Å². The third kappa shape index (κ3) is 10.7. The molecule has 4 amide bonds. The molecule has 0 bridgehead atoms. The lowest BCUT2D eigenvalue weighted by molar-refractivity contribution is -0.134. The van der Waals surface area contributed by atoms with Gasteiger partial charge in [-0.2, -0.15) is 0 Å². The van der Waals surface area contributed by atoms with Crippen LogP contribution in [-0.2, 0) is 53.7 Å². The van der Waals surface area contributed by atoms with Crippen LogP contribution in [0, 0.1) is 0 Å². The van der Waals surface area contributed by atoms with Gasteiger partial charge in [-0.05, 0) is 67.9 Å². The van der Waals surface area contributed by atoms with Crippen molar-refractivity contribution >= 4 is 23.6 Å². The normalized spacial score (nSPS) is 12.5. The number of nitrogens with one attached hydrogen (secondary N) is 2. The van der Waals surface area contributed by atoms with E-state index in [0.717, 1.165) is 33.4 Å². The molecule has 0 radical (unpaired) electrons. The van der Waals surface area contributed by atoms with Gasteiger partial charge < -0.3 is 10.2 Å². The number of hydrogen-bond donors (Lipinski definition) is 4. The monoisotopic (exact) mass is 622 g/mol. The Morgan fingerprint density at radius 3 is 0.956 bits per heavy atom. The summed E-state index contributed by atoms with van der Waals surface area (Å²) in [6.07, 6.45) is 0.0806. The second kappa shape index (κ2) is 13.8. The summed E-state index contributed by atoms with van der Waals surface area (Å²) in [6.45, 7) is 24.1. The number of phenols is 2. The van der Waals surface area contributed by atoms with Crippen molar-refractivity contribution in [2.75, 3.05) is 0 Å². The minimum Gasteiger partial charge on any atom is -0.507 e. The van der Waals surface area contributed by atoms with Gasteiger partial charge in [0.05, 0.1) is 0 Å². The Morgan fingerprint density at radius 1 is 0.489 bits per heavy atom. The van der Waals surface area contributed by atoms with E-state index in [2.05, 4.69) is 10.6 Å². The summed E-state index contributed by atoms with van der Waals surface area (Å²) in [5.41, 5.74) is 3.66. The Hall–Kier alpha value is -3.68. The Kier molecular flexibility index (Phi) is 11.5. The minimum absolute atomic E-state index is 0.0178. The number of aryl methyl sites for hydroxylation is 2. The maximum Gasteiger partial charge on any atom is 0.235 e. The molecule has 0 saturated carbocycles. The highest BCUT2D eigenvalue weighted by atomic mass is 16.3. The first-order chi connectivity index (χ1) is 20.3. The number of hydrogen-bond acceptors (Lipinski definition) is 6. The van der Waals surface area contributed by atoms with Gasteiger partial charge in [0.1, 0.15) is 17.9 Å². The van der Waals surface area contributed by atoms with Gasteiger partial charge in [0.25, 0.3) is 0 Å². The van der Waals surface area contributed by atoms with Gasteiger partial charge in [-0.25, -0.2) is 0 Å². The smallest absolute Gasteiger partial charge is 0.235 e. The lowest BCUT2D eigenvalue weighted by Crippen LogP contribution is -2.37. The second-order valence-corrected chi connectivity index (χ2v) is 16.2. The van der Waals surface area contributed by atoms with E-state index in [0.29, 0.717) is 12.8 Å². The number of phenolic OH excluding ortho intramolecular Hbond substituents is 2. The molecule has 0 unspecified atom stereocenters. The molecule has 0 heterocycles. The quantitative estimate of drug-likeness (QED) is 0.248. The number of carbonyl (C=O) groups excluding carboxylic acids is 4. The fourth-order valence-electron chi connectivity index (χ4n) is 5.15. The van der Waals surface area contributed by atoms with E-state index in [4.69, 9.17) is 0 Å². The Morgan fingerprint density at radius 2 is 0.733 bits per heavy atom. The molecule has 0 aliphatic carbocycles. The molecular weight excluding hydrogens is 568 g/mol. The second-order valence-electron chi connectivity index (χ2n) is 16.2. The molecule has 2 aromatic rings. The zero-order chi connectivity index (χ0) is 34.7. The molecule has 248 valence electrons. The lowest BCUT2D eigenvalue weighted by atomic mass is 9.78. The first-order valence-corrected chi connectivity index (χ1v) is 15.7. The first-order valence-electron chi connectivity index (χ1n) is 15.7. The Labute approximate surface area is 269 Å². The van der Waals surface area contributed by atoms with Crippen LogP contribution in [0.4, 0.5) is 0 Å². The van der Waals surface area contributed by atoms with E-state index in [1.807, 2.05) is 107 Å². The van der Waals surface area contributed by atoms with Crippen LogP contribution in [0.25, 0.3) is 0 Å². The van der Waals surface area contributed by atoms with E-state index >= 15 is 0 Å². The number of amides is 4. The SMILES string of the molecule is CC(C)(C)c1cc(CCC(=O)NC(=O)CC(=O)NC(=O)CCc2cc(C(C)(C)C)c(O)c(C(C)(C)C)c2)cc(C(C)(C)C)c1O. The van der Waals surface area contributed by atoms with Crippen molar-refractivity contribution < 1.29 is 29.4 Å². The van der Waals surface area contributed by atoms with Crippen molar-refractivity contribution in [3.63, 3.8) is 0 Å². The fraction of sp³-hybridized carbons (Fsp3) is 0.568. The molecule has 8 nitrogen and oxygen atoms in total. The van der Waals surface area contributed by atoms with Crippen LogP contribution in [0.2, 0.25) is 0 Å². The van der Waals surface area contributed by atoms with Crippen LogP contribution in [0.3, 0.4) is 0 Å². The van der Waals surface area contributed by atoms with E-state index in [1.165, 1.54) is 0 Å². The average molecular weight is 623 g/mol. The largest absolute Gasteiger partial charge is 0.507 e. The number of imide groups is 2. The average Bonchev–Trinajstić information content (AvgIpc) is 2.84. The van der Waals surface area contributed by atoms with Gasteiger partial charge in [-0.3, -0.25) is 29.8 Å². The number of benzene rings is 2. The number of aromatic hydroxyl groups is 2. The highest BCUT2D eigenvalue weighted by Crippen LogP contribution is 2.41. The number of carbonyl (C=O) groups is 4. The zero-order valence-corrected chi connectivity index (χ0v) is 29.4. The molecular formula is C37H54N2O6. The number of rotatable bonds is 8. The van der Waals surface area contributed by atoms with Crippen molar-refractivity contribution in [3.8, 4) is 11.5 Å². The van der Waals surface area contributed by atoms with Crippen LogP contribution < -0.4 is 10.6 Å². The summed E-state index contributed by atoms with van der Waals surface area (Å²) in [7, 11) is 0. The van der Waals surface area contributed by atoms with Gasteiger partial charge in [0, 0.05) is 12.8 Å². The van der Waals surface area contributed by atoms with Crippen molar-refractivity contribution in [2.45, 2.75) is 137 Å². The van der Waals surface area contributed by atoms with Gasteiger partial charge in [0.2, 0.25) is 23.6 Å². The maximum atomic E-state index is 12.5. The third-order valence-corrected chi connectivity index (χ3v) is 7.73. The first kappa shape index (κ1) is 37.5. The molecule has 0 aliphatic heterocycles. The van der Waals surface area contributed by atoms with Gasteiger partial charge >= 0.3 is 0 Å². The summed E-state index contributed by atoms with van der Waals surface area (Å²) in [5, 5.41) is 26.3. The van der Waals surface area contributed by atoms with E-state index < -0.39 is 30.0 Å². The molecule has 45 heavy (non-hydrogen) atoms. The fourth-order valence-corrected chi connectivity index (χ4v) is 5.15. The topological polar surface area (TPSA) is 133 Å². The van der Waals surface area contributed by atoms with Gasteiger partial charge in [-0.1, -0.05) is 107 Å². The van der Waals surface area contributed by atoms with Gasteiger partial charge in [-0.15, -0.1) is 0 Å². The predicted molar refractivity (Wildman–Crippen MR) is 179 cm³/mol. The molecule has 0 spiro atoms. The van der Waals surface area contributed by atoms with Crippen molar-refractivity contribution in [2.24, 2.45) is 0 Å². The summed E-state index contributed by atoms with van der Waals surface area (Å²) in [5.74, 6) is -2.12. The molecule has 2 rings (SSSR count). The summed E-state index contributed by atoms with van der Waals surface area (Å²) >= 11 is 0. The predicted octanol–water partition coefficient (Wildman–Crippen LogP) is 6.53. The molecule has 0 aliphatic rings. The van der Waals surface area contributed by atoms with E-state index in [1.54, 1.807) is 0 Å². The van der Waals surface area contributed by atoms with Crippen molar-refractivity contribution in [3.05, 3.63) is 57.6 Å². The molecule has 2 aromatic carbocycles. The minimum atomic E-state index is -0.787.